The first-order valence-corrected chi connectivity index (χ1v) is 8.13. The van der Waals surface area contributed by atoms with Gasteiger partial charge in [-0.05, 0) is 28.1 Å². The van der Waals surface area contributed by atoms with Crippen LogP contribution in [0, 0.1) is 0 Å². The molecule has 1 heterocycles. The number of alkyl halides is 2. The van der Waals surface area contributed by atoms with Gasteiger partial charge in [0.15, 0.2) is 0 Å². The molecule has 0 aromatic heterocycles. The van der Waals surface area contributed by atoms with Crippen LogP contribution in [0.4, 0.5) is 14.5 Å². The van der Waals surface area contributed by atoms with Gasteiger partial charge < -0.3 is 16.2 Å². The van der Waals surface area contributed by atoms with Crippen molar-refractivity contribution in [3.8, 4) is 0 Å². The largest absolute Gasteiger partial charge is 0.398 e. The molecule has 0 bridgehead atoms. The second-order valence-corrected chi connectivity index (χ2v) is 6.77. The summed E-state index contributed by atoms with van der Waals surface area (Å²) in [4.78, 5) is 1.66. The highest BCUT2D eigenvalue weighted by Gasteiger charge is 2.45. The number of aliphatic hydroxyl groups excluding tert-OH is 1. The second-order valence-electron chi connectivity index (χ2n) is 5.00. The van der Waals surface area contributed by atoms with E-state index in [1.165, 1.54) is 0 Å². The molecule has 1 aromatic rings. The van der Waals surface area contributed by atoms with E-state index in [0.29, 0.717) is 40.7 Å². The summed E-state index contributed by atoms with van der Waals surface area (Å²) in [5.74, 6) is -3.27. The number of aliphatic hydroxyl groups is 1. The summed E-state index contributed by atoms with van der Waals surface area (Å²) in [5, 5.41) is 12.3. The van der Waals surface area contributed by atoms with E-state index < -0.39 is 18.6 Å². The molecule has 1 fully saturated rings. The Morgan fingerprint density at radius 3 is 2.52 bits per heavy atom. The Morgan fingerprint density at radius 2 is 1.95 bits per heavy atom. The first-order chi connectivity index (χ1) is 9.86. The van der Waals surface area contributed by atoms with Gasteiger partial charge in [0.2, 0.25) is 0 Å². The normalized spacial score (nSPS) is 18.7. The molecule has 0 amide bonds. The molecular formula is C13H17Br2F2N3O. The van der Waals surface area contributed by atoms with Crippen LogP contribution in [-0.4, -0.2) is 48.7 Å². The average molecular weight is 429 g/mol. The van der Waals surface area contributed by atoms with Crippen molar-refractivity contribution in [1.29, 1.82) is 0 Å². The van der Waals surface area contributed by atoms with Crippen molar-refractivity contribution in [3.05, 3.63) is 26.6 Å². The molecule has 1 atom stereocenters. The van der Waals surface area contributed by atoms with Gasteiger partial charge in [-0.3, -0.25) is 4.90 Å². The smallest absolute Gasteiger partial charge is 0.289 e. The number of anilines is 1. The summed E-state index contributed by atoms with van der Waals surface area (Å²) in [5.41, 5.74) is 6.58. The van der Waals surface area contributed by atoms with E-state index in [4.69, 9.17) is 10.8 Å². The number of nitrogens with zero attached hydrogens (tertiary/aromatic N) is 1. The minimum atomic E-state index is -3.27. The topological polar surface area (TPSA) is 61.5 Å². The van der Waals surface area contributed by atoms with Crippen LogP contribution in [0.5, 0.6) is 0 Å². The summed E-state index contributed by atoms with van der Waals surface area (Å²) in [6.45, 7) is 0.999. The van der Waals surface area contributed by atoms with Gasteiger partial charge in [0.25, 0.3) is 5.92 Å². The van der Waals surface area contributed by atoms with Crippen LogP contribution in [0.15, 0.2) is 21.1 Å². The molecule has 0 unspecified atom stereocenters. The Bertz CT molecular complexity index is 510. The lowest BCUT2D eigenvalue weighted by atomic mass is 9.96. The van der Waals surface area contributed by atoms with Crippen LogP contribution in [0.1, 0.15) is 11.6 Å². The molecule has 0 aliphatic carbocycles. The highest BCUT2D eigenvalue weighted by Crippen LogP contribution is 2.42. The van der Waals surface area contributed by atoms with Crippen molar-refractivity contribution in [1.82, 2.24) is 10.2 Å². The average Bonchev–Trinajstić information content (AvgIpc) is 2.45. The van der Waals surface area contributed by atoms with Crippen molar-refractivity contribution >= 4 is 37.5 Å². The lowest BCUT2D eigenvalue weighted by Crippen LogP contribution is -2.51. The number of halogens is 4. The third-order valence-electron chi connectivity index (χ3n) is 3.55. The Morgan fingerprint density at radius 1 is 1.33 bits per heavy atom. The number of rotatable bonds is 4. The van der Waals surface area contributed by atoms with Crippen LogP contribution in [0.3, 0.4) is 0 Å². The predicted molar refractivity (Wildman–Crippen MR) is 85.5 cm³/mol. The second kappa shape index (κ2) is 6.87. The molecule has 4 N–H and O–H groups in total. The maximum Gasteiger partial charge on any atom is 0.289 e. The molecule has 0 spiro atoms. The lowest BCUT2D eigenvalue weighted by molar-refractivity contribution is -0.118. The zero-order chi connectivity index (χ0) is 15.6. The molecule has 1 aliphatic heterocycles. The number of nitrogens with one attached hydrogen (secondary N) is 1. The van der Waals surface area contributed by atoms with Gasteiger partial charge in [-0.1, -0.05) is 15.9 Å². The fourth-order valence-corrected chi connectivity index (χ4v) is 3.81. The molecule has 1 saturated heterocycles. The van der Waals surface area contributed by atoms with Gasteiger partial charge in [-0.15, -0.1) is 0 Å². The Balaban J connectivity index is 2.49. The molecule has 21 heavy (non-hydrogen) atoms. The van der Waals surface area contributed by atoms with Gasteiger partial charge >= 0.3 is 0 Å². The van der Waals surface area contributed by atoms with Crippen LogP contribution < -0.4 is 11.1 Å². The zero-order valence-electron chi connectivity index (χ0n) is 11.3. The van der Waals surface area contributed by atoms with Gasteiger partial charge in [0, 0.05) is 40.7 Å². The van der Waals surface area contributed by atoms with Crippen LogP contribution in [-0.2, 0) is 0 Å². The van der Waals surface area contributed by atoms with E-state index in [0.717, 1.165) is 0 Å². The van der Waals surface area contributed by atoms with Gasteiger partial charge in [0.05, 0.1) is 5.69 Å². The maximum atomic E-state index is 14.3. The van der Waals surface area contributed by atoms with E-state index in [-0.39, 0.29) is 5.69 Å². The third kappa shape index (κ3) is 3.73. The highest BCUT2D eigenvalue weighted by atomic mass is 79.9. The van der Waals surface area contributed by atoms with Crippen molar-refractivity contribution in [2.24, 2.45) is 0 Å². The number of benzene rings is 1. The quantitative estimate of drug-likeness (QED) is 0.644. The maximum absolute atomic E-state index is 14.3. The number of nitrogen functional groups attached to an aromatic ring is 1. The Kier molecular flexibility index (Phi) is 5.59. The predicted octanol–water partition coefficient (Wildman–Crippen LogP) is 2.37. The van der Waals surface area contributed by atoms with Crippen molar-refractivity contribution in [2.45, 2.75) is 12.0 Å². The van der Waals surface area contributed by atoms with E-state index in [1.54, 1.807) is 17.0 Å². The Labute approximate surface area is 138 Å². The van der Waals surface area contributed by atoms with Gasteiger partial charge in [-0.25, -0.2) is 8.78 Å². The van der Waals surface area contributed by atoms with Crippen molar-refractivity contribution in [2.75, 3.05) is 38.5 Å². The van der Waals surface area contributed by atoms with Crippen molar-refractivity contribution < 1.29 is 13.9 Å². The van der Waals surface area contributed by atoms with Crippen molar-refractivity contribution in [3.63, 3.8) is 0 Å². The molecule has 8 heteroatoms. The first-order valence-electron chi connectivity index (χ1n) is 6.54. The molecule has 0 saturated carbocycles. The fourth-order valence-electron chi connectivity index (χ4n) is 2.55. The van der Waals surface area contributed by atoms with Gasteiger partial charge in [-0.2, -0.15) is 0 Å². The minimum Gasteiger partial charge on any atom is -0.398 e. The minimum absolute atomic E-state index is 0.273. The molecule has 4 nitrogen and oxygen atoms in total. The zero-order valence-corrected chi connectivity index (χ0v) is 14.4. The summed E-state index contributed by atoms with van der Waals surface area (Å²) in [7, 11) is 0. The molecule has 1 aliphatic rings. The third-order valence-corrected chi connectivity index (χ3v) is 4.66. The summed E-state index contributed by atoms with van der Waals surface area (Å²) in [6, 6.07) is 2.06. The molecule has 1 aromatic carbocycles. The number of hydrogen-bond acceptors (Lipinski definition) is 4. The first kappa shape index (κ1) is 17.1. The fraction of sp³-hybridized carbons (Fsp3) is 0.538. The van der Waals surface area contributed by atoms with E-state index in [1.807, 2.05) is 0 Å². The molecular weight excluding hydrogens is 412 g/mol. The van der Waals surface area contributed by atoms with E-state index in [2.05, 4.69) is 37.2 Å². The summed E-state index contributed by atoms with van der Waals surface area (Å²) >= 11 is 6.59. The van der Waals surface area contributed by atoms with E-state index in [9.17, 15) is 8.78 Å². The van der Waals surface area contributed by atoms with Crippen LogP contribution >= 0.6 is 31.9 Å². The highest BCUT2D eigenvalue weighted by molar-refractivity contribution is 9.11. The number of nitrogens with two attached hydrogens (primary N) is 1. The lowest BCUT2D eigenvalue weighted by Gasteiger charge is -2.39. The van der Waals surface area contributed by atoms with E-state index >= 15 is 0 Å². The van der Waals surface area contributed by atoms with Crippen LogP contribution in [0.25, 0.3) is 0 Å². The number of piperazine rings is 1. The molecule has 0 radical (unpaired) electrons. The SMILES string of the molecule is Nc1c(Br)cc(Br)cc1[C@H](N1CCNCC1)C(F)(F)CO. The monoisotopic (exact) mass is 427 g/mol. The molecule has 2 rings (SSSR count). The number of hydrogen-bond donors (Lipinski definition) is 3. The van der Waals surface area contributed by atoms with Gasteiger partial charge in [0.1, 0.15) is 12.6 Å². The van der Waals surface area contributed by atoms with Crippen LogP contribution in [0.2, 0.25) is 0 Å². The summed E-state index contributed by atoms with van der Waals surface area (Å²) < 4.78 is 29.9. The standard InChI is InChI=1S/C13H17Br2F2N3O/c14-8-5-9(11(18)10(15)6-8)12(13(16,17)7-21)20-3-1-19-2-4-20/h5-6,12,19,21H,1-4,7,18H2/t12-/m0/s1. The molecule has 118 valence electrons. The summed E-state index contributed by atoms with van der Waals surface area (Å²) in [6.07, 6.45) is 0. The Hall–Kier alpha value is -0.280.